The molecule has 0 fully saturated rings. The predicted molar refractivity (Wildman–Crippen MR) is 86.8 cm³/mol. The Bertz CT molecular complexity index is 768. The number of hydrogen-bond donors (Lipinski definition) is 1. The van der Waals surface area contributed by atoms with E-state index in [1.165, 1.54) is 0 Å². The minimum atomic E-state index is -0.119. The molecule has 3 rings (SSSR count). The fourth-order valence-corrected chi connectivity index (χ4v) is 2.87. The fourth-order valence-electron chi connectivity index (χ4n) is 1.99. The molecule has 112 valence electrons. The summed E-state index contributed by atoms with van der Waals surface area (Å²) >= 11 is 7.62. The highest BCUT2D eigenvalue weighted by molar-refractivity contribution is 7.13. The van der Waals surface area contributed by atoms with Gasteiger partial charge in [0.25, 0.3) is 0 Å². The van der Waals surface area contributed by atoms with Gasteiger partial charge in [-0.15, -0.1) is 11.3 Å². The zero-order valence-corrected chi connectivity index (χ0v) is 13.2. The van der Waals surface area contributed by atoms with E-state index in [1.54, 1.807) is 23.5 Å². The minimum Gasteiger partial charge on any atom is -0.355 e. The highest BCUT2D eigenvalue weighted by atomic mass is 35.5. The molecule has 2 heterocycles. The van der Waals surface area contributed by atoms with Crippen molar-refractivity contribution in [1.29, 1.82) is 0 Å². The molecular weight excluding hydrogens is 320 g/mol. The maximum atomic E-state index is 12.0. The number of thiophene rings is 1. The number of nitrogens with zero attached hydrogens (tertiary/aromatic N) is 1. The van der Waals surface area contributed by atoms with Crippen LogP contribution in [0.25, 0.3) is 10.6 Å². The van der Waals surface area contributed by atoms with Crippen LogP contribution in [-0.4, -0.2) is 11.1 Å². The van der Waals surface area contributed by atoms with Crippen LogP contribution >= 0.6 is 22.9 Å². The van der Waals surface area contributed by atoms with E-state index in [1.807, 2.05) is 35.7 Å². The first-order valence-corrected chi connectivity index (χ1v) is 7.98. The first-order chi connectivity index (χ1) is 10.7. The van der Waals surface area contributed by atoms with E-state index in [0.717, 1.165) is 10.4 Å². The number of rotatable bonds is 5. The summed E-state index contributed by atoms with van der Waals surface area (Å²) in [5.41, 5.74) is 1.50. The summed E-state index contributed by atoms with van der Waals surface area (Å²) in [6.07, 6.45) is 0.180. The van der Waals surface area contributed by atoms with Gasteiger partial charge in [0.2, 0.25) is 5.91 Å². The van der Waals surface area contributed by atoms with Crippen molar-refractivity contribution in [2.45, 2.75) is 13.0 Å². The number of halogens is 1. The van der Waals surface area contributed by atoms with Crippen molar-refractivity contribution in [3.05, 3.63) is 64.1 Å². The van der Waals surface area contributed by atoms with Gasteiger partial charge >= 0.3 is 0 Å². The molecule has 0 aliphatic carbocycles. The summed E-state index contributed by atoms with van der Waals surface area (Å²) in [7, 11) is 0. The molecule has 22 heavy (non-hydrogen) atoms. The number of amides is 1. The molecule has 3 aromatic rings. The third-order valence-corrected chi connectivity index (χ3v) is 4.35. The molecule has 4 nitrogen and oxygen atoms in total. The van der Waals surface area contributed by atoms with Crippen LogP contribution in [-0.2, 0) is 17.8 Å². The molecule has 1 amide bonds. The molecule has 0 atom stereocenters. The van der Waals surface area contributed by atoms with Gasteiger partial charge in [0.1, 0.15) is 0 Å². The lowest BCUT2D eigenvalue weighted by atomic mass is 10.2. The maximum absolute atomic E-state index is 12.0. The van der Waals surface area contributed by atoms with Crippen LogP contribution in [0.2, 0.25) is 5.02 Å². The molecule has 0 spiro atoms. The molecule has 0 unspecified atom stereocenters. The summed E-state index contributed by atoms with van der Waals surface area (Å²) < 4.78 is 5.25. The molecule has 2 aromatic heterocycles. The first kappa shape index (κ1) is 14.8. The molecule has 6 heteroatoms. The van der Waals surface area contributed by atoms with Crippen molar-refractivity contribution >= 4 is 28.8 Å². The van der Waals surface area contributed by atoms with Crippen molar-refractivity contribution in [1.82, 2.24) is 10.5 Å². The lowest BCUT2D eigenvalue weighted by molar-refractivity contribution is -0.120. The highest BCUT2D eigenvalue weighted by Gasteiger charge is 2.11. The quantitative estimate of drug-likeness (QED) is 0.770. The van der Waals surface area contributed by atoms with E-state index in [9.17, 15) is 4.79 Å². The third-order valence-electron chi connectivity index (χ3n) is 3.10. The maximum Gasteiger partial charge on any atom is 0.226 e. The van der Waals surface area contributed by atoms with Crippen molar-refractivity contribution in [3.63, 3.8) is 0 Å². The van der Waals surface area contributed by atoms with Crippen LogP contribution in [0.4, 0.5) is 0 Å². The summed E-state index contributed by atoms with van der Waals surface area (Å²) in [6.45, 7) is 0.397. The van der Waals surface area contributed by atoms with E-state index in [-0.39, 0.29) is 12.3 Å². The summed E-state index contributed by atoms with van der Waals surface area (Å²) in [5, 5.41) is 9.37. The van der Waals surface area contributed by atoms with Gasteiger partial charge in [-0.1, -0.05) is 41.0 Å². The predicted octanol–water partition coefficient (Wildman–Crippen LogP) is 3.92. The van der Waals surface area contributed by atoms with E-state index in [2.05, 4.69) is 10.5 Å². The van der Waals surface area contributed by atoms with Gasteiger partial charge in [0.05, 0.1) is 17.0 Å². The Balaban J connectivity index is 1.57. The normalized spacial score (nSPS) is 10.6. The number of carbonyl (C=O) groups is 1. The van der Waals surface area contributed by atoms with Gasteiger partial charge < -0.3 is 9.84 Å². The lowest BCUT2D eigenvalue weighted by Gasteiger charge is -2.05. The van der Waals surface area contributed by atoms with Gasteiger partial charge in [0.15, 0.2) is 5.76 Å². The molecule has 0 bridgehead atoms. The Morgan fingerprint density at radius 3 is 2.91 bits per heavy atom. The van der Waals surface area contributed by atoms with Crippen molar-refractivity contribution in [3.8, 4) is 10.6 Å². The van der Waals surface area contributed by atoms with Crippen LogP contribution in [0.3, 0.4) is 0 Å². The summed E-state index contributed by atoms with van der Waals surface area (Å²) in [6, 6.07) is 13.1. The van der Waals surface area contributed by atoms with Gasteiger partial charge in [-0.2, -0.15) is 0 Å². The summed E-state index contributed by atoms with van der Waals surface area (Å²) in [5.74, 6) is 0.565. The zero-order valence-electron chi connectivity index (χ0n) is 11.6. The summed E-state index contributed by atoms with van der Waals surface area (Å²) in [4.78, 5) is 13.0. The second kappa shape index (κ2) is 6.77. The standard InChI is InChI=1S/C16H13ClN2O2S/c17-13-5-2-1-4-11(13)10-18-16(20)9-12-8-14(21-19-12)15-6-3-7-22-15/h1-8H,9-10H2,(H,18,20). The molecule has 0 aliphatic heterocycles. The molecule has 0 radical (unpaired) electrons. The third kappa shape index (κ3) is 3.55. The van der Waals surface area contributed by atoms with E-state index >= 15 is 0 Å². The second-order valence-corrected chi connectivity index (χ2v) is 6.06. The van der Waals surface area contributed by atoms with Crippen molar-refractivity contribution in [2.24, 2.45) is 0 Å². The topological polar surface area (TPSA) is 55.1 Å². The highest BCUT2D eigenvalue weighted by Crippen LogP contribution is 2.25. The largest absolute Gasteiger partial charge is 0.355 e. The van der Waals surface area contributed by atoms with Gasteiger partial charge in [-0.05, 0) is 23.1 Å². The molecule has 0 aliphatic rings. The number of hydrogen-bond acceptors (Lipinski definition) is 4. The zero-order chi connectivity index (χ0) is 15.4. The van der Waals surface area contributed by atoms with Crippen LogP contribution in [0.15, 0.2) is 52.4 Å². The van der Waals surface area contributed by atoms with Gasteiger partial charge in [0, 0.05) is 17.6 Å². The van der Waals surface area contributed by atoms with Gasteiger partial charge in [-0.25, -0.2) is 0 Å². The number of benzene rings is 1. The SMILES string of the molecule is O=C(Cc1cc(-c2cccs2)on1)NCc1ccccc1Cl. The van der Waals surface area contributed by atoms with Crippen LogP contribution in [0.1, 0.15) is 11.3 Å². The van der Waals surface area contributed by atoms with E-state index < -0.39 is 0 Å². The number of carbonyl (C=O) groups excluding carboxylic acids is 1. The van der Waals surface area contributed by atoms with Crippen LogP contribution in [0, 0.1) is 0 Å². The fraction of sp³-hybridized carbons (Fsp3) is 0.125. The Hall–Kier alpha value is -2.11. The molecule has 1 N–H and O–H groups in total. The molecule has 0 saturated heterocycles. The van der Waals surface area contributed by atoms with Gasteiger partial charge in [-0.3, -0.25) is 4.79 Å². The lowest BCUT2D eigenvalue weighted by Crippen LogP contribution is -2.24. The van der Waals surface area contributed by atoms with Crippen LogP contribution in [0.5, 0.6) is 0 Å². The average molecular weight is 333 g/mol. The molecular formula is C16H13ClN2O2S. The Morgan fingerprint density at radius 1 is 1.27 bits per heavy atom. The Kier molecular flexibility index (Phi) is 4.56. The van der Waals surface area contributed by atoms with Crippen molar-refractivity contribution < 1.29 is 9.32 Å². The van der Waals surface area contributed by atoms with E-state index in [4.69, 9.17) is 16.1 Å². The molecule has 0 saturated carbocycles. The van der Waals surface area contributed by atoms with Crippen LogP contribution < -0.4 is 5.32 Å². The monoisotopic (exact) mass is 332 g/mol. The Labute approximate surface area is 136 Å². The minimum absolute atomic E-state index is 0.119. The smallest absolute Gasteiger partial charge is 0.226 e. The number of aromatic nitrogens is 1. The van der Waals surface area contributed by atoms with Crippen molar-refractivity contribution in [2.75, 3.05) is 0 Å². The van der Waals surface area contributed by atoms with E-state index in [0.29, 0.717) is 23.0 Å². The average Bonchev–Trinajstić information content (AvgIpc) is 3.17. The molecule has 1 aromatic carbocycles. The number of nitrogens with one attached hydrogen (secondary N) is 1. The first-order valence-electron chi connectivity index (χ1n) is 6.72. The second-order valence-electron chi connectivity index (χ2n) is 4.70. The Morgan fingerprint density at radius 2 is 2.14 bits per heavy atom.